The molecule has 1 aromatic heterocycles. The Balaban J connectivity index is 1.65. The molecule has 5 nitrogen and oxygen atoms in total. The lowest BCUT2D eigenvalue weighted by molar-refractivity contribution is -0.139. The van der Waals surface area contributed by atoms with Crippen LogP contribution in [0.5, 0.6) is 0 Å². The maximum absolute atomic E-state index is 13.1. The smallest absolute Gasteiger partial charge is 0.252 e. The third-order valence-corrected chi connectivity index (χ3v) is 9.04. The summed E-state index contributed by atoms with van der Waals surface area (Å²) in [4.78, 5) is 15.0. The molecule has 1 saturated heterocycles. The predicted molar refractivity (Wildman–Crippen MR) is 116 cm³/mol. The van der Waals surface area contributed by atoms with E-state index in [0.29, 0.717) is 36.7 Å². The Morgan fingerprint density at radius 1 is 1.18 bits per heavy atom. The minimum absolute atomic E-state index is 0.0953. The fraction of sp³-hybridized carbons (Fsp3) is 0.450. The SMILES string of the molecule is CC(C)N(Cc1ccccc1)C(=O)C1CCN(S(=O)(=O)c2ccc(Br)s2)CC1. The highest BCUT2D eigenvalue weighted by Gasteiger charge is 2.35. The van der Waals surface area contributed by atoms with Crippen LogP contribution in [0.2, 0.25) is 0 Å². The number of hydrogen-bond donors (Lipinski definition) is 0. The van der Waals surface area contributed by atoms with E-state index in [1.54, 1.807) is 12.1 Å². The average Bonchev–Trinajstić information content (AvgIpc) is 3.13. The molecule has 0 spiro atoms. The van der Waals surface area contributed by atoms with Crippen molar-refractivity contribution < 1.29 is 13.2 Å². The van der Waals surface area contributed by atoms with Gasteiger partial charge < -0.3 is 4.90 Å². The zero-order chi connectivity index (χ0) is 20.3. The standard InChI is InChI=1S/C20H25BrN2O3S2/c1-15(2)23(14-16-6-4-3-5-7-16)20(24)17-10-12-22(13-11-17)28(25,26)19-9-8-18(21)27-19/h3-9,15,17H,10-14H2,1-2H3. The lowest BCUT2D eigenvalue weighted by Gasteiger charge is -2.35. The van der Waals surface area contributed by atoms with Gasteiger partial charge in [-0.15, -0.1) is 11.3 Å². The van der Waals surface area contributed by atoms with Crippen molar-refractivity contribution in [2.75, 3.05) is 13.1 Å². The highest BCUT2D eigenvalue weighted by atomic mass is 79.9. The van der Waals surface area contributed by atoms with E-state index in [1.807, 2.05) is 49.1 Å². The molecule has 152 valence electrons. The number of sulfonamides is 1. The van der Waals surface area contributed by atoms with Crippen molar-refractivity contribution in [1.82, 2.24) is 9.21 Å². The van der Waals surface area contributed by atoms with Crippen molar-refractivity contribution in [2.24, 2.45) is 5.92 Å². The molecule has 1 aliphatic heterocycles. The number of carbonyl (C=O) groups is 1. The zero-order valence-corrected chi connectivity index (χ0v) is 19.3. The summed E-state index contributed by atoms with van der Waals surface area (Å²) >= 11 is 4.54. The van der Waals surface area contributed by atoms with E-state index in [2.05, 4.69) is 15.9 Å². The molecular formula is C20H25BrN2O3S2. The first-order valence-electron chi connectivity index (χ1n) is 9.39. The van der Waals surface area contributed by atoms with Crippen LogP contribution in [-0.4, -0.2) is 42.7 Å². The maximum Gasteiger partial charge on any atom is 0.252 e. The van der Waals surface area contributed by atoms with Gasteiger partial charge in [-0.05, 0) is 60.3 Å². The third kappa shape index (κ3) is 4.84. The minimum Gasteiger partial charge on any atom is -0.336 e. The average molecular weight is 485 g/mol. The number of thiophene rings is 1. The van der Waals surface area contributed by atoms with E-state index in [-0.39, 0.29) is 17.9 Å². The van der Waals surface area contributed by atoms with Gasteiger partial charge in [0.2, 0.25) is 5.91 Å². The van der Waals surface area contributed by atoms with Gasteiger partial charge in [-0.3, -0.25) is 4.79 Å². The fourth-order valence-corrected chi connectivity index (χ4v) is 7.07. The number of hydrogen-bond acceptors (Lipinski definition) is 4. The molecule has 1 fully saturated rings. The monoisotopic (exact) mass is 484 g/mol. The molecule has 1 aliphatic rings. The van der Waals surface area contributed by atoms with Crippen LogP contribution in [0, 0.1) is 5.92 Å². The second-order valence-corrected chi connectivity index (χ2v) is 11.9. The second-order valence-electron chi connectivity index (χ2n) is 7.28. The molecule has 1 aromatic carbocycles. The fourth-order valence-electron chi connectivity index (χ4n) is 3.44. The van der Waals surface area contributed by atoms with Gasteiger partial charge in [0.05, 0.1) is 3.79 Å². The summed E-state index contributed by atoms with van der Waals surface area (Å²) in [6.07, 6.45) is 1.12. The second kappa shape index (κ2) is 9.07. The van der Waals surface area contributed by atoms with Crippen LogP contribution in [0.1, 0.15) is 32.3 Å². The summed E-state index contributed by atoms with van der Waals surface area (Å²) in [5.74, 6) is -0.0117. The maximum atomic E-state index is 13.1. The zero-order valence-electron chi connectivity index (χ0n) is 16.0. The molecule has 0 bridgehead atoms. The molecule has 0 aliphatic carbocycles. The van der Waals surface area contributed by atoms with Crippen LogP contribution < -0.4 is 0 Å². The Bertz CT molecular complexity index is 905. The van der Waals surface area contributed by atoms with Gasteiger partial charge in [0.25, 0.3) is 10.0 Å². The van der Waals surface area contributed by atoms with E-state index in [9.17, 15) is 13.2 Å². The van der Waals surface area contributed by atoms with Crippen molar-refractivity contribution in [2.45, 2.75) is 43.5 Å². The molecule has 3 rings (SSSR count). The van der Waals surface area contributed by atoms with Gasteiger partial charge in [-0.2, -0.15) is 4.31 Å². The summed E-state index contributed by atoms with van der Waals surface area (Å²) in [6, 6.07) is 13.4. The van der Waals surface area contributed by atoms with Crippen molar-refractivity contribution in [1.29, 1.82) is 0 Å². The molecule has 0 atom stereocenters. The Morgan fingerprint density at radius 3 is 2.36 bits per heavy atom. The van der Waals surface area contributed by atoms with Crippen molar-refractivity contribution in [3.8, 4) is 0 Å². The van der Waals surface area contributed by atoms with Gasteiger partial charge >= 0.3 is 0 Å². The summed E-state index contributed by atoms with van der Waals surface area (Å²) in [6.45, 7) is 5.39. The van der Waals surface area contributed by atoms with Crippen molar-refractivity contribution >= 4 is 43.2 Å². The van der Waals surface area contributed by atoms with Crippen LogP contribution in [0.15, 0.2) is 50.5 Å². The van der Waals surface area contributed by atoms with Gasteiger partial charge in [-0.1, -0.05) is 30.3 Å². The number of carbonyl (C=O) groups excluding carboxylic acids is 1. The number of piperidine rings is 1. The largest absolute Gasteiger partial charge is 0.336 e. The van der Waals surface area contributed by atoms with E-state index < -0.39 is 10.0 Å². The Kier molecular flexibility index (Phi) is 6.96. The van der Waals surface area contributed by atoms with Crippen LogP contribution in [0.25, 0.3) is 0 Å². The van der Waals surface area contributed by atoms with Crippen molar-refractivity contribution in [3.05, 3.63) is 51.8 Å². The molecule has 0 saturated carbocycles. The molecule has 8 heteroatoms. The lowest BCUT2D eigenvalue weighted by atomic mass is 9.95. The first-order chi connectivity index (χ1) is 13.3. The highest BCUT2D eigenvalue weighted by Crippen LogP contribution is 2.31. The first kappa shape index (κ1) is 21.5. The number of nitrogens with zero attached hydrogens (tertiary/aromatic N) is 2. The lowest BCUT2D eigenvalue weighted by Crippen LogP contribution is -2.46. The molecule has 0 radical (unpaired) electrons. The van der Waals surface area contributed by atoms with E-state index >= 15 is 0 Å². The Hall–Kier alpha value is -1.22. The van der Waals surface area contributed by atoms with E-state index in [0.717, 1.165) is 9.35 Å². The van der Waals surface area contributed by atoms with Crippen LogP contribution >= 0.6 is 27.3 Å². The number of rotatable bonds is 6. The summed E-state index contributed by atoms with van der Waals surface area (Å²) < 4.78 is 28.2. The van der Waals surface area contributed by atoms with Crippen LogP contribution in [-0.2, 0) is 21.4 Å². The van der Waals surface area contributed by atoms with Gasteiger partial charge in [0.1, 0.15) is 4.21 Å². The molecule has 28 heavy (non-hydrogen) atoms. The number of benzene rings is 1. The summed E-state index contributed by atoms with van der Waals surface area (Å²) in [5.41, 5.74) is 1.10. The summed E-state index contributed by atoms with van der Waals surface area (Å²) in [5, 5.41) is 0. The molecule has 2 heterocycles. The Labute approximate surface area is 179 Å². The molecule has 2 aromatic rings. The molecule has 1 amide bonds. The topological polar surface area (TPSA) is 57.7 Å². The highest BCUT2D eigenvalue weighted by molar-refractivity contribution is 9.11. The number of amides is 1. The van der Waals surface area contributed by atoms with Gasteiger partial charge in [0, 0.05) is 31.6 Å². The van der Waals surface area contributed by atoms with E-state index in [1.165, 1.54) is 15.6 Å². The van der Waals surface area contributed by atoms with Crippen molar-refractivity contribution in [3.63, 3.8) is 0 Å². The van der Waals surface area contributed by atoms with Gasteiger partial charge in [-0.25, -0.2) is 8.42 Å². The van der Waals surface area contributed by atoms with Crippen LogP contribution in [0.3, 0.4) is 0 Å². The summed E-state index contributed by atoms with van der Waals surface area (Å²) in [7, 11) is -3.48. The molecule has 0 N–H and O–H groups in total. The van der Waals surface area contributed by atoms with Gasteiger partial charge in [0.15, 0.2) is 0 Å². The van der Waals surface area contributed by atoms with Crippen LogP contribution in [0.4, 0.5) is 0 Å². The normalized spacial score (nSPS) is 16.4. The first-order valence-corrected chi connectivity index (χ1v) is 12.4. The third-order valence-electron chi connectivity index (χ3n) is 5.05. The molecule has 0 unspecified atom stereocenters. The number of halogens is 1. The predicted octanol–water partition coefficient (Wildman–Crippen LogP) is 4.35. The molecular weight excluding hydrogens is 460 g/mol. The quantitative estimate of drug-likeness (QED) is 0.612. The minimum atomic E-state index is -3.48. The van der Waals surface area contributed by atoms with E-state index in [4.69, 9.17) is 0 Å². The Morgan fingerprint density at radius 2 is 1.82 bits per heavy atom.